The van der Waals surface area contributed by atoms with Gasteiger partial charge in [0.05, 0.1) is 25.4 Å². The summed E-state index contributed by atoms with van der Waals surface area (Å²) in [6, 6.07) is 4.75. The summed E-state index contributed by atoms with van der Waals surface area (Å²) in [5, 5.41) is 18.8. The fourth-order valence-corrected chi connectivity index (χ4v) is 2.26. The molecule has 0 bridgehead atoms. The van der Waals surface area contributed by atoms with Gasteiger partial charge in [-0.05, 0) is 19.1 Å². The van der Waals surface area contributed by atoms with Crippen molar-refractivity contribution in [3.05, 3.63) is 29.6 Å². The molecule has 1 saturated heterocycles. The average molecular weight is 255 g/mol. The third kappa shape index (κ3) is 2.63. The zero-order chi connectivity index (χ0) is 13.1. The molecule has 4 nitrogen and oxygen atoms in total. The zero-order valence-electron chi connectivity index (χ0n) is 10.3. The van der Waals surface area contributed by atoms with Crippen LogP contribution in [0.3, 0.4) is 0 Å². The van der Waals surface area contributed by atoms with Gasteiger partial charge in [0.15, 0.2) is 0 Å². The first-order valence-electron chi connectivity index (χ1n) is 6.07. The third-order valence-electron chi connectivity index (χ3n) is 3.13. The second kappa shape index (κ2) is 5.65. The molecule has 0 radical (unpaired) electrons. The van der Waals surface area contributed by atoms with E-state index in [-0.39, 0.29) is 12.7 Å². The molecular formula is C13H18FNO3. The lowest BCUT2D eigenvalue weighted by Gasteiger charge is -2.35. The molecule has 5 heteroatoms. The Morgan fingerprint density at radius 2 is 2.33 bits per heavy atom. The quantitative estimate of drug-likeness (QED) is 0.848. The van der Waals surface area contributed by atoms with Crippen LogP contribution >= 0.6 is 0 Å². The van der Waals surface area contributed by atoms with E-state index in [2.05, 4.69) is 0 Å². The lowest BCUT2D eigenvalue weighted by molar-refractivity contribution is 0.00340. The van der Waals surface area contributed by atoms with Crippen molar-refractivity contribution in [2.45, 2.75) is 19.1 Å². The number of morpholine rings is 1. The van der Waals surface area contributed by atoms with Crippen LogP contribution in [-0.4, -0.2) is 42.6 Å². The van der Waals surface area contributed by atoms with Gasteiger partial charge in [0.2, 0.25) is 0 Å². The molecule has 18 heavy (non-hydrogen) atoms. The van der Waals surface area contributed by atoms with Crippen LogP contribution in [0.1, 0.15) is 18.6 Å². The van der Waals surface area contributed by atoms with E-state index in [4.69, 9.17) is 9.84 Å². The summed E-state index contributed by atoms with van der Waals surface area (Å²) < 4.78 is 19.1. The fourth-order valence-electron chi connectivity index (χ4n) is 2.26. The highest BCUT2D eigenvalue weighted by Crippen LogP contribution is 2.30. The number of aliphatic hydroxyl groups excluding tert-OH is 2. The molecule has 0 aliphatic carbocycles. The number of hydrogen-bond donors (Lipinski definition) is 2. The van der Waals surface area contributed by atoms with Crippen LogP contribution in [0.25, 0.3) is 0 Å². The van der Waals surface area contributed by atoms with Gasteiger partial charge in [0.1, 0.15) is 5.82 Å². The molecule has 0 amide bonds. The summed E-state index contributed by atoms with van der Waals surface area (Å²) in [7, 11) is 0. The molecule has 0 saturated carbocycles. The van der Waals surface area contributed by atoms with Crippen LogP contribution < -0.4 is 4.90 Å². The Balaban J connectivity index is 2.29. The van der Waals surface area contributed by atoms with Gasteiger partial charge >= 0.3 is 0 Å². The molecule has 2 rings (SSSR count). The highest BCUT2D eigenvalue weighted by atomic mass is 19.1. The summed E-state index contributed by atoms with van der Waals surface area (Å²) in [6.07, 6.45) is -1.12. The van der Waals surface area contributed by atoms with Crippen molar-refractivity contribution < 1.29 is 19.3 Å². The van der Waals surface area contributed by atoms with E-state index in [0.717, 1.165) is 0 Å². The molecule has 0 aromatic heterocycles. The minimum absolute atomic E-state index is 0.0597. The van der Waals surface area contributed by atoms with E-state index >= 15 is 0 Å². The second-order valence-corrected chi connectivity index (χ2v) is 4.47. The first-order valence-corrected chi connectivity index (χ1v) is 6.07. The average Bonchev–Trinajstić information content (AvgIpc) is 2.38. The zero-order valence-corrected chi connectivity index (χ0v) is 10.3. The van der Waals surface area contributed by atoms with Crippen molar-refractivity contribution in [2.24, 2.45) is 0 Å². The molecule has 100 valence electrons. The van der Waals surface area contributed by atoms with Crippen molar-refractivity contribution in [2.75, 3.05) is 31.2 Å². The molecule has 0 spiro atoms. The second-order valence-electron chi connectivity index (χ2n) is 4.47. The number of rotatable bonds is 3. The maximum Gasteiger partial charge on any atom is 0.131 e. The molecule has 1 fully saturated rings. The van der Waals surface area contributed by atoms with Gasteiger partial charge < -0.3 is 19.8 Å². The summed E-state index contributed by atoms with van der Waals surface area (Å²) >= 11 is 0. The Morgan fingerprint density at radius 1 is 1.56 bits per heavy atom. The first kappa shape index (κ1) is 13.3. The first-order chi connectivity index (χ1) is 8.63. The SMILES string of the molecule is CC(O)c1c(F)cccc1N1CCOC(CO)C1. The van der Waals surface area contributed by atoms with E-state index < -0.39 is 11.9 Å². The van der Waals surface area contributed by atoms with Crippen molar-refractivity contribution in [1.29, 1.82) is 0 Å². The predicted octanol–water partition coefficient (Wildman–Crippen LogP) is 1.08. The number of benzene rings is 1. The van der Waals surface area contributed by atoms with E-state index in [0.29, 0.717) is 30.9 Å². The van der Waals surface area contributed by atoms with Gasteiger partial charge in [-0.2, -0.15) is 0 Å². The Morgan fingerprint density at radius 3 is 3.00 bits per heavy atom. The molecule has 1 aromatic carbocycles. The number of ether oxygens (including phenoxy) is 1. The van der Waals surface area contributed by atoms with Gasteiger partial charge in [-0.1, -0.05) is 6.07 Å². The Hall–Kier alpha value is -1.17. The monoisotopic (exact) mass is 255 g/mol. The van der Waals surface area contributed by atoms with Gasteiger partial charge in [-0.15, -0.1) is 0 Å². The highest BCUT2D eigenvalue weighted by molar-refractivity contribution is 5.55. The summed E-state index contributed by atoms with van der Waals surface area (Å²) in [5.41, 5.74) is 0.975. The number of anilines is 1. The van der Waals surface area contributed by atoms with Gasteiger partial charge in [-0.25, -0.2) is 4.39 Å². The van der Waals surface area contributed by atoms with Gasteiger partial charge in [-0.3, -0.25) is 0 Å². The molecular weight excluding hydrogens is 237 g/mol. The number of hydrogen-bond acceptors (Lipinski definition) is 4. The largest absolute Gasteiger partial charge is 0.394 e. The Kier molecular flexibility index (Phi) is 4.16. The normalized spacial score (nSPS) is 22.0. The maximum atomic E-state index is 13.8. The van der Waals surface area contributed by atoms with Gasteiger partial charge in [0.25, 0.3) is 0 Å². The van der Waals surface area contributed by atoms with E-state index in [1.54, 1.807) is 19.1 Å². The maximum absolute atomic E-state index is 13.8. The third-order valence-corrected chi connectivity index (χ3v) is 3.13. The highest BCUT2D eigenvalue weighted by Gasteiger charge is 2.24. The van der Waals surface area contributed by atoms with E-state index in [1.165, 1.54) is 6.07 Å². The minimum atomic E-state index is -0.864. The van der Waals surface area contributed by atoms with Crippen molar-refractivity contribution in [3.8, 4) is 0 Å². The number of nitrogens with zero attached hydrogens (tertiary/aromatic N) is 1. The smallest absolute Gasteiger partial charge is 0.131 e. The molecule has 1 heterocycles. The van der Waals surface area contributed by atoms with E-state index in [9.17, 15) is 9.50 Å². The van der Waals surface area contributed by atoms with Gasteiger partial charge in [0, 0.05) is 24.3 Å². The summed E-state index contributed by atoms with van der Waals surface area (Å²) in [6.45, 7) is 3.10. The van der Waals surface area contributed by atoms with Crippen LogP contribution in [0, 0.1) is 5.82 Å². The number of aliphatic hydroxyl groups is 2. The van der Waals surface area contributed by atoms with E-state index in [1.807, 2.05) is 4.90 Å². The van der Waals surface area contributed by atoms with Crippen LogP contribution in [0.15, 0.2) is 18.2 Å². The predicted molar refractivity (Wildman–Crippen MR) is 66.1 cm³/mol. The molecule has 2 unspecified atom stereocenters. The van der Waals surface area contributed by atoms with Crippen LogP contribution in [0.2, 0.25) is 0 Å². The Bertz CT molecular complexity index is 411. The van der Waals surface area contributed by atoms with Crippen LogP contribution in [0.4, 0.5) is 10.1 Å². The minimum Gasteiger partial charge on any atom is -0.394 e. The molecule has 1 aromatic rings. The molecule has 1 aliphatic rings. The lowest BCUT2D eigenvalue weighted by atomic mass is 10.1. The Labute approximate surface area is 106 Å². The van der Waals surface area contributed by atoms with Crippen LogP contribution in [-0.2, 0) is 4.74 Å². The molecule has 2 N–H and O–H groups in total. The summed E-state index contributed by atoms with van der Waals surface area (Å²) in [5.74, 6) is -0.408. The summed E-state index contributed by atoms with van der Waals surface area (Å²) in [4.78, 5) is 1.94. The standard InChI is InChI=1S/C13H18FNO3/c1-9(17)13-11(14)3-2-4-12(13)15-5-6-18-10(7-15)8-16/h2-4,9-10,16-17H,5-8H2,1H3. The van der Waals surface area contributed by atoms with Crippen molar-refractivity contribution in [1.82, 2.24) is 0 Å². The fraction of sp³-hybridized carbons (Fsp3) is 0.538. The van der Waals surface area contributed by atoms with Crippen molar-refractivity contribution in [3.63, 3.8) is 0 Å². The molecule has 2 atom stereocenters. The van der Waals surface area contributed by atoms with Crippen molar-refractivity contribution >= 4 is 5.69 Å². The number of halogens is 1. The molecule has 1 aliphatic heterocycles. The lowest BCUT2D eigenvalue weighted by Crippen LogP contribution is -2.44. The van der Waals surface area contributed by atoms with Crippen LogP contribution in [0.5, 0.6) is 0 Å². The topological polar surface area (TPSA) is 52.9 Å².